The summed E-state index contributed by atoms with van der Waals surface area (Å²) in [4.78, 5) is 15.5. The van der Waals surface area contributed by atoms with E-state index < -0.39 is 11.9 Å². The third-order valence-electron chi connectivity index (χ3n) is 3.22. The second-order valence-electron chi connectivity index (χ2n) is 5.04. The van der Waals surface area contributed by atoms with Crippen LogP contribution in [-0.2, 0) is 12.7 Å². The van der Waals surface area contributed by atoms with Crippen LogP contribution in [0.5, 0.6) is 0 Å². The molecule has 0 atom stereocenters. The number of aromatic nitrogens is 4. The lowest BCUT2D eigenvalue weighted by atomic mass is 10.2. The summed E-state index contributed by atoms with van der Waals surface area (Å²) in [5.41, 5.74) is 0.172. The number of nitrogens with zero attached hydrogens (tertiary/aromatic N) is 4. The van der Waals surface area contributed by atoms with E-state index in [4.69, 9.17) is 11.6 Å². The average molecular weight is 366 g/mol. The standard InChI is InChI=1S/C16H11ClF3N5/c17-13-2-1-10(8-22-13)9-23-14-7-12(16(18,19)20)24-15(25-14)11-3-5-21-6-4-11/h1-8H,9H2,(H,23,24,25). The fourth-order valence-corrected chi connectivity index (χ4v) is 2.13. The molecule has 0 aromatic carbocycles. The van der Waals surface area contributed by atoms with Crippen molar-refractivity contribution in [3.63, 3.8) is 0 Å². The Balaban J connectivity index is 1.91. The first kappa shape index (κ1) is 17.1. The highest BCUT2D eigenvalue weighted by Crippen LogP contribution is 2.30. The fraction of sp³-hybridized carbons (Fsp3) is 0.125. The Morgan fingerprint density at radius 2 is 1.80 bits per heavy atom. The van der Waals surface area contributed by atoms with Crippen LogP contribution in [0, 0.1) is 0 Å². The lowest BCUT2D eigenvalue weighted by molar-refractivity contribution is -0.141. The highest BCUT2D eigenvalue weighted by molar-refractivity contribution is 6.29. The van der Waals surface area contributed by atoms with Crippen LogP contribution < -0.4 is 5.32 Å². The van der Waals surface area contributed by atoms with Gasteiger partial charge in [0.25, 0.3) is 0 Å². The molecule has 25 heavy (non-hydrogen) atoms. The van der Waals surface area contributed by atoms with Crippen molar-refractivity contribution in [3.8, 4) is 11.4 Å². The molecule has 0 bridgehead atoms. The Labute approximate surface area is 146 Å². The van der Waals surface area contributed by atoms with E-state index in [-0.39, 0.29) is 18.2 Å². The smallest absolute Gasteiger partial charge is 0.366 e. The van der Waals surface area contributed by atoms with Gasteiger partial charge in [-0.1, -0.05) is 17.7 Å². The largest absolute Gasteiger partial charge is 0.433 e. The molecule has 0 saturated heterocycles. The van der Waals surface area contributed by atoms with Gasteiger partial charge in [0.05, 0.1) is 0 Å². The number of halogens is 4. The summed E-state index contributed by atoms with van der Waals surface area (Å²) in [5.74, 6) is 0.0260. The van der Waals surface area contributed by atoms with Gasteiger partial charge in [0.1, 0.15) is 11.0 Å². The van der Waals surface area contributed by atoms with Crippen molar-refractivity contribution in [2.45, 2.75) is 12.7 Å². The average Bonchev–Trinajstić information content (AvgIpc) is 2.61. The number of nitrogens with one attached hydrogen (secondary N) is 1. The summed E-state index contributed by atoms with van der Waals surface area (Å²) in [6, 6.07) is 7.28. The Morgan fingerprint density at radius 3 is 2.44 bits per heavy atom. The lowest BCUT2D eigenvalue weighted by Crippen LogP contribution is -2.12. The van der Waals surface area contributed by atoms with Gasteiger partial charge in [-0.2, -0.15) is 13.2 Å². The maximum atomic E-state index is 13.1. The number of hydrogen-bond acceptors (Lipinski definition) is 5. The van der Waals surface area contributed by atoms with E-state index in [9.17, 15) is 13.2 Å². The van der Waals surface area contributed by atoms with Crippen LogP contribution in [0.3, 0.4) is 0 Å². The van der Waals surface area contributed by atoms with Crippen LogP contribution >= 0.6 is 11.6 Å². The minimum absolute atomic E-state index is 0.0334. The molecule has 0 aliphatic heterocycles. The van der Waals surface area contributed by atoms with Gasteiger partial charge in [-0.3, -0.25) is 4.98 Å². The van der Waals surface area contributed by atoms with Crippen molar-refractivity contribution in [3.05, 3.63) is 65.3 Å². The number of alkyl halides is 3. The van der Waals surface area contributed by atoms with Gasteiger partial charge < -0.3 is 5.32 Å². The molecule has 3 rings (SSSR count). The van der Waals surface area contributed by atoms with Crippen LogP contribution in [0.15, 0.2) is 48.9 Å². The molecular formula is C16H11ClF3N5. The van der Waals surface area contributed by atoms with E-state index in [0.29, 0.717) is 10.7 Å². The fourth-order valence-electron chi connectivity index (χ4n) is 2.02. The number of pyridine rings is 2. The van der Waals surface area contributed by atoms with Crippen LogP contribution in [0.2, 0.25) is 5.15 Å². The van der Waals surface area contributed by atoms with Gasteiger partial charge in [0.2, 0.25) is 0 Å². The first-order valence-electron chi connectivity index (χ1n) is 7.13. The predicted molar refractivity (Wildman–Crippen MR) is 86.8 cm³/mol. The zero-order chi connectivity index (χ0) is 17.9. The van der Waals surface area contributed by atoms with E-state index in [1.54, 1.807) is 24.3 Å². The van der Waals surface area contributed by atoms with Crippen molar-refractivity contribution in [1.82, 2.24) is 19.9 Å². The Morgan fingerprint density at radius 1 is 1.04 bits per heavy atom. The zero-order valence-corrected chi connectivity index (χ0v) is 13.4. The van der Waals surface area contributed by atoms with Gasteiger partial charge in [0, 0.05) is 36.8 Å². The summed E-state index contributed by atoms with van der Waals surface area (Å²) < 4.78 is 39.3. The quantitative estimate of drug-likeness (QED) is 0.701. The molecule has 0 saturated carbocycles. The molecule has 0 radical (unpaired) electrons. The predicted octanol–water partition coefficient (Wildman–Crippen LogP) is 4.22. The number of hydrogen-bond donors (Lipinski definition) is 1. The summed E-state index contributed by atoms with van der Waals surface area (Å²) >= 11 is 5.71. The second-order valence-corrected chi connectivity index (χ2v) is 5.43. The van der Waals surface area contributed by atoms with Gasteiger partial charge in [-0.15, -0.1) is 0 Å². The van der Waals surface area contributed by atoms with E-state index in [1.165, 1.54) is 18.6 Å². The molecule has 0 fully saturated rings. The van der Waals surface area contributed by atoms with Crippen LogP contribution in [0.1, 0.15) is 11.3 Å². The Kier molecular flexibility index (Phi) is 4.80. The first-order chi connectivity index (χ1) is 11.9. The molecule has 5 nitrogen and oxygen atoms in total. The maximum Gasteiger partial charge on any atom is 0.433 e. The highest BCUT2D eigenvalue weighted by Gasteiger charge is 2.33. The summed E-state index contributed by atoms with van der Waals surface area (Å²) in [6.45, 7) is 0.244. The van der Waals surface area contributed by atoms with Gasteiger partial charge in [0.15, 0.2) is 11.5 Å². The molecule has 0 aliphatic rings. The molecule has 1 N–H and O–H groups in total. The van der Waals surface area contributed by atoms with Gasteiger partial charge in [-0.25, -0.2) is 15.0 Å². The summed E-state index contributed by atoms with van der Waals surface area (Å²) in [5, 5.41) is 3.19. The monoisotopic (exact) mass is 365 g/mol. The lowest BCUT2D eigenvalue weighted by Gasteiger charge is -2.12. The van der Waals surface area contributed by atoms with Gasteiger partial charge >= 0.3 is 6.18 Å². The molecule has 0 aliphatic carbocycles. The minimum Gasteiger partial charge on any atom is -0.366 e. The van der Waals surface area contributed by atoms with Crippen LogP contribution in [-0.4, -0.2) is 19.9 Å². The van der Waals surface area contributed by atoms with Crippen molar-refractivity contribution in [2.24, 2.45) is 0 Å². The molecule has 0 spiro atoms. The molecule has 0 amide bonds. The molecule has 3 aromatic rings. The van der Waals surface area contributed by atoms with E-state index >= 15 is 0 Å². The van der Waals surface area contributed by atoms with Crippen LogP contribution in [0.25, 0.3) is 11.4 Å². The summed E-state index contributed by atoms with van der Waals surface area (Å²) in [6.07, 6.45) is -0.120. The second kappa shape index (κ2) is 7.02. The highest BCUT2D eigenvalue weighted by atomic mass is 35.5. The van der Waals surface area contributed by atoms with Crippen LogP contribution in [0.4, 0.5) is 19.0 Å². The van der Waals surface area contributed by atoms with E-state index in [0.717, 1.165) is 11.6 Å². The normalized spacial score (nSPS) is 11.4. The Bertz CT molecular complexity index is 854. The number of anilines is 1. The first-order valence-corrected chi connectivity index (χ1v) is 7.50. The SMILES string of the molecule is FC(F)(F)c1cc(NCc2ccc(Cl)nc2)nc(-c2ccncc2)n1. The van der Waals surface area contributed by atoms with Crippen molar-refractivity contribution < 1.29 is 13.2 Å². The van der Waals surface area contributed by atoms with Crippen molar-refractivity contribution >= 4 is 17.4 Å². The molecule has 128 valence electrons. The maximum absolute atomic E-state index is 13.1. The summed E-state index contributed by atoms with van der Waals surface area (Å²) in [7, 11) is 0. The van der Waals surface area contributed by atoms with E-state index in [1.807, 2.05) is 0 Å². The molecule has 0 unspecified atom stereocenters. The third-order valence-corrected chi connectivity index (χ3v) is 3.44. The minimum atomic E-state index is -4.58. The van der Waals surface area contributed by atoms with Crippen molar-refractivity contribution in [1.29, 1.82) is 0 Å². The van der Waals surface area contributed by atoms with E-state index in [2.05, 4.69) is 25.3 Å². The molecule has 3 aromatic heterocycles. The Hall–Kier alpha value is -2.74. The topological polar surface area (TPSA) is 63.6 Å². The molecule has 9 heteroatoms. The number of rotatable bonds is 4. The third kappa shape index (κ3) is 4.42. The molecule has 3 heterocycles. The van der Waals surface area contributed by atoms with Crippen molar-refractivity contribution in [2.75, 3.05) is 5.32 Å². The zero-order valence-electron chi connectivity index (χ0n) is 12.6. The van der Waals surface area contributed by atoms with Gasteiger partial charge in [-0.05, 0) is 23.8 Å². The molecular weight excluding hydrogens is 355 g/mol.